The lowest BCUT2D eigenvalue weighted by Crippen LogP contribution is -2.44. The van der Waals surface area contributed by atoms with Crippen LogP contribution in [0.15, 0.2) is 29.2 Å². The smallest absolute Gasteiger partial charge is 0.407 e. The van der Waals surface area contributed by atoms with Gasteiger partial charge in [-0.25, -0.2) is 17.9 Å². The van der Waals surface area contributed by atoms with Gasteiger partial charge in [0.2, 0.25) is 10.0 Å². The van der Waals surface area contributed by atoms with Gasteiger partial charge >= 0.3 is 6.09 Å². The van der Waals surface area contributed by atoms with Gasteiger partial charge in [0.05, 0.1) is 11.5 Å². The molecule has 0 aliphatic carbocycles. The van der Waals surface area contributed by atoms with Crippen molar-refractivity contribution in [3.8, 4) is 0 Å². The summed E-state index contributed by atoms with van der Waals surface area (Å²) in [6.45, 7) is 9.74. The van der Waals surface area contributed by atoms with Crippen molar-refractivity contribution in [2.75, 3.05) is 13.2 Å². The summed E-state index contributed by atoms with van der Waals surface area (Å²) in [5.41, 5.74) is 0.336. The number of sulfonamides is 1. The van der Waals surface area contributed by atoms with Crippen molar-refractivity contribution in [1.82, 2.24) is 15.4 Å². The van der Waals surface area contributed by atoms with Crippen molar-refractivity contribution >= 4 is 22.0 Å². The first-order valence-corrected chi connectivity index (χ1v) is 10.9. The molecule has 0 heterocycles. The van der Waals surface area contributed by atoms with Gasteiger partial charge in [0.1, 0.15) is 0 Å². The zero-order chi connectivity index (χ0) is 21.3. The highest BCUT2D eigenvalue weighted by Crippen LogP contribution is 2.11. The number of benzene rings is 1. The van der Waals surface area contributed by atoms with Gasteiger partial charge < -0.3 is 15.4 Å². The number of carbonyl (C=O) groups is 2. The minimum absolute atomic E-state index is 0.0967. The number of alkyl carbamates (subject to hydrolysis) is 1. The zero-order valence-corrected chi connectivity index (χ0v) is 17.9. The second-order valence-electron chi connectivity index (χ2n) is 7.20. The summed E-state index contributed by atoms with van der Waals surface area (Å²) >= 11 is 0. The summed E-state index contributed by atoms with van der Waals surface area (Å²) < 4.78 is 31.6. The van der Waals surface area contributed by atoms with E-state index in [-0.39, 0.29) is 36.0 Å². The topological polar surface area (TPSA) is 114 Å². The van der Waals surface area contributed by atoms with E-state index in [1.165, 1.54) is 24.3 Å². The molecular weight excluding hydrogens is 382 g/mol. The van der Waals surface area contributed by atoms with Crippen molar-refractivity contribution in [2.24, 2.45) is 5.92 Å². The summed E-state index contributed by atoms with van der Waals surface area (Å²) in [6.07, 6.45) is 0.159. The first-order valence-electron chi connectivity index (χ1n) is 9.39. The van der Waals surface area contributed by atoms with Gasteiger partial charge in [0, 0.05) is 24.2 Å². The van der Waals surface area contributed by atoms with Crippen LogP contribution in [-0.4, -0.2) is 45.7 Å². The Morgan fingerprint density at radius 2 is 1.68 bits per heavy atom. The quantitative estimate of drug-likeness (QED) is 0.544. The van der Waals surface area contributed by atoms with Crippen LogP contribution in [0.4, 0.5) is 4.79 Å². The van der Waals surface area contributed by atoms with E-state index < -0.39 is 16.1 Å². The molecular formula is C19H31N3O5S. The maximum atomic E-state index is 12.4. The molecule has 1 aromatic carbocycles. The highest BCUT2D eigenvalue weighted by molar-refractivity contribution is 7.89. The Labute approximate surface area is 167 Å². The highest BCUT2D eigenvalue weighted by Gasteiger charge is 2.18. The van der Waals surface area contributed by atoms with Crippen molar-refractivity contribution in [2.45, 2.75) is 58.0 Å². The fraction of sp³-hybridized carbons (Fsp3) is 0.579. The molecule has 158 valence electrons. The van der Waals surface area contributed by atoms with Crippen LogP contribution in [-0.2, 0) is 14.8 Å². The minimum Gasteiger partial charge on any atom is -0.450 e. The predicted octanol–water partition coefficient (Wildman–Crippen LogP) is 2.26. The Bertz CT molecular complexity index is 745. The molecule has 0 radical (unpaired) electrons. The van der Waals surface area contributed by atoms with Crippen molar-refractivity contribution < 1.29 is 22.7 Å². The number of carbonyl (C=O) groups excluding carboxylic acids is 2. The molecule has 0 aliphatic rings. The average Bonchev–Trinajstić information content (AvgIpc) is 2.58. The molecule has 0 aliphatic heterocycles. The Kier molecular flexibility index (Phi) is 9.40. The summed E-state index contributed by atoms with van der Waals surface area (Å²) in [5, 5.41) is 5.51. The molecule has 28 heavy (non-hydrogen) atoms. The Morgan fingerprint density at radius 3 is 2.18 bits per heavy atom. The minimum atomic E-state index is -3.60. The van der Waals surface area contributed by atoms with Gasteiger partial charge in [-0.1, -0.05) is 13.8 Å². The molecule has 0 spiro atoms. The van der Waals surface area contributed by atoms with Crippen LogP contribution in [0, 0.1) is 5.92 Å². The van der Waals surface area contributed by atoms with Gasteiger partial charge in [0.25, 0.3) is 5.91 Å². The summed E-state index contributed by atoms with van der Waals surface area (Å²) in [5.74, 6) is -0.0260. The summed E-state index contributed by atoms with van der Waals surface area (Å²) in [4.78, 5) is 24.1. The average molecular weight is 414 g/mol. The van der Waals surface area contributed by atoms with Crippen LogP contribution < -0.4 is 15.4 Å². The monoisotopic (exact) mass is 413 g/mol. The van der Waals surface area contributed by atoms with E-state index in [9.17, 15) is 18.0 Å². The number of hydrogen-bond donors (Lipinski definition) is 3. The third-order valence-electron chi connectivity index (χ3n) is 3.68. The van der Waals surface area contributed by atoms with Crippen LogP contribution in [0.2, 0.25) is 0 Å². The molecule has 1 atom stereocenters. The third kappa shape index (κ3) is 8.26. The molecule has 1 unspecified atom stereocenters. The van der Waals surface area contributed by atoms with Crippen LogP contribution in [0.1, 0.15) is 51.4 Å². The van der Waals surface area contributed by atoms with Crippen molar-refractivity contribution in [1.29, 1.82) is 0 Å². The van der Waals surface area contributed by atoms with Gasteiger partial charge in [-0.05, 0) is 57.4 Å². The van der Waals surface area contributed by atoms with Crippen LogP contribution >= 0.6 is 0 Å². The fourth-order valence-corrected chi connectivity index (χ4v) is 3.83. The van der Waals surface area contributed by atoms with Crippen LogP contribution in [0.5, 0.6) is 0 Å². The van der Waals surface area contributed by atoms with Gasteiger partial charge in [0.15, 0.2) is 0 Å². The predicted molar refractivity (Wildman–Crippen MR) is 108 cm³/mol. The van der Waals surface area contributed by atoms with Gasteiger partial charge in [-0.3, -0.25) is 4.79 Å². The van der Waals surface area contributed by atoms with Crippen LogP contribution in [0.25, 0.3) is 0 Å². The normalized spacial score (nSPS) is 12.7. The third-order valence-corrected chi connectivity index (χ3v) is 5.35. The molecule has 1 aromatic rings. The zero-order valence-electron chi connectivity index (χ0n) is 17.1. The number of nitrogens with one attached hydrogen (secondary N) is 3. The molecule has 0 saturated heterocycles. The molecule has 8 nitrogen and oxygen atoms in total. The van der Waals surface area contributed by atoms with Crippen molar-refractivity contribution in [3.63, 3.8) is 0 Å². The van der Waals surface area contributed by atoms with E-state index >= 15 is 0 Å². The SMILES string of the molecule is CCOC(=O)NC(CNC(=O)c1ccc(S(=O)(=O)NC(C)C)cc1)CC(C)C. The first-order chi connectivity index (χ1) is 13.0. The molecule has 0 aromatic heterocycles. The molecule has 9 heteroatoms. The fourth-order valence-electron chi connectivity index (χ4n) is 2.58. The lowest BCUT2D eigenvalue weighted by Gasteiger charge is -2.20. The van der Waals surface area contributed by atoms with E-state index in [0.717, 1.165) is 0 Å². The molecule has 3 N–H and O–H groups in total. The van der Waals surface area contributed by atoms with E-state index in [1.54, 1.807) is 20.8 Å². The highest BCUT2D eigenvalue weighted by atomic mass is 32.2. The first kappa shape index (κ1) is 23.9. The van der Waals surface area contributed by atoms with Gasteiger partial charge in [-0.2, -0.15) is 0 Å². The molecule has 2 amide bonds. The molecule has 0 saturated carbocycles. The number of rotatable bonds is 10. The standard InChI is InChI=1S/C19H31N3O5S/c1-6-27-19(24)21-16(11-13(2)3)12-20-18(23)15-7-9-17(10-8-15)28(25,26)22-14(4)5/h7-10,13-14,16,22H,6,11-12H2,1-5H3,(H,20,23)(H,21,24). The second kappa shape index (κ2) is 11.0. The molecule has 0 fully saturated rings. The number of hydrogen-bond acceptors (Lipinski definition) is 5. The van der Waals surface area contributed by atoms with E-state index in [1.807, 2.05) is 13.8 Å². The Balaban J connectivity index is 2.73. The number of ether oxygens (including phenoxy) is 1. The van der Waals surface area contributed by atoms with Gasteiger partial charge in [-0.15, -0.1) is 0 Å². The largest absolute Gasteiger partial charge is 0.450 e. The Hall–Kier alpha value is -2.13. The maximum Gasteiger partial charge on any atom is 0.407 e. The molecule has 0 bridgehead atoms. The van der Waals surface area contributed by atoms with Crippen molar-refractivity contribution in [3.05, 3.63) is 29.8 Å². The molecule has 1 rings (SSSR count). The summed E-state index contributed by atoms with van der Waals surface area (Å²) in [6, 6.07) is 5.21. The van der Waals surface area contributed by atoms with Crippen LogP contribution in [0.3, 0.4) is 0 Å². The second-order valence-corrected chi connectivity index (χ2v) is 8.92. The Morgan fingerprint density at radius 1 is 1.07 bits per heavy atom. The lowest BCUT2D eigenvalue weighted by molar-refractivity contribution is 0.0944. The lowest BCUT2D eigenvalue weighted by atomic mass is 10.0. The van der Waals surface area contributed by atoms with E-state index in [4.69, 9.17) is 4.74 Å². The maximum absolute atomic E-state index is 12.4. The number of amides is 2. The van der Waals surface area contributed by atoms with E-state index in [0.29, 0.717) is 17.9 Å². The van der Waals surface area contributed by atoms with E-state index in [2.05, 4.69) is 15.4 Å². The summed E-state index contributed by atoms with van der Waals surface area (Å²) in [7, 11) is -3.60.